The van der Waals surface area contributed by atoms with Crippen LogP contribution < -0.4 is 130 Å². The number of halogens is 8. The molecule has 0 saturated heterocycles. The monoisotopic (exact) mass is 2080 g/mol. The van der Waals surface area contributed by atoms with Crippen LogP contribution in [-0.4, -0.2) is 196 Å². The van der Waals surface area contributed by atoms with Gasteiger partial charge in [-0.3, -0.25) is 0 Å². The molecule has 0 unspecified atom stereocenters. The summed E-state index contributed by atoms with van der Waals surface area (Å²) < 4.78 is 0. The molecular formula is C86H100Cl8N48. The maximum atomic E-state index is 5.87. The van der Waals surface area contributed by atoms with E-state index in [2.05, 4.69) is 178 Å². The van der Waals surface area contributed by atoms with Crippen LogP contribution in [0.2, 0.25) is 40.2 Å². The van der Waals surface area contributed by atoms with E-state index < -0.39 is 0 Å². The summed E-state index contributed by atoms with van der Waals surface area (Å²) in [6.07, 6.45) is 0. The number of nitrogens with zero attached hydrogens (tertiary/aromatic N) is 28. The summed E-state index contributed by atoms with van der Waals surface area (Å²) >= 11 is 46.5. The first-order valence-electron chi connectivity index (χ1n) is 41.6. The number of hydrogen-bond donors (Lipinski definition) is 20. The summed E-state index contributed by atoms with van der Waals surface area (Å²) in [7, 11) is 18.2. The Hall–Kier alpha value is -16.6. The van der Waals surface area contributed by atoms with Crippen LogP contribution in [0.25, 0.3) is 0 Å². The van der Waals surface area contributed by atoms with Gasteiger partial charge < -0.3 is 130 Å². The minimum atomic E-state index is 0.0667. The van der Waals surface area contributed by atoms with Gasteiger partial charge in [0.2, 0.25) is 143 Å². The molecule has 0 fully saturated rings. The molecule has 8 aromatic heterocycles. The van der Waals surface area contributed by atoms with Crippen molar-refractivity contribution in [3.8, 4) is 0 Å². The van der Waals surface area contributed by atoms with E-state index in [9.17, 15) is 0 Å². The maximum absolute atomic E-state index is 5.87. The number of hydrogen-bond acceptors (Lipinski definition) is 48. The van der Waals surface area contributed by atoms with Gasteiger partial charge in [-0.15, -0.1) is 0 Å². The van der Waals surface area contributed by atoms with Crippen molar-refractivity contribution in [3.05, 3.63) is 240 Å². The summed E-state index contributed by atoms with van der Waals surface area (Å²) in [6.45, 7) is 4.54. The molecule has 0 aliphatic carbocycles. The highest BCUT2D eigenvalue weighted by Crippen LogP contribution is 2.28. The highest BCUT2D eigenvalue weighted by molar-refractivity contribution is 6.33. The first-order valence-corrected chi connectivity index (χ1v) is 44.6. The fourth-order valence-corrected chi connectivity index (χ4v) is 11.6. The third kappa shape index (κ3) is 38.7. The van der Waals surface area contributed by atoms with Crippen molar-refractivity contribution in [1.82, 2.24) is 120 Å². The molecular weight excluding hydrogens is 1990 g/mol. The Morgan fingerprint density at radius 1 is 0.239 bits per heavy atom. The molecule has 56 heteroatoms. The number of nitrogen functional groups attached to an aromatic ring is 9. The summed E-state index contributed by atoms with van der Waals surface area (Å²) in [6, 6.07) is 58.3. The fourth-order valence-electron chi connectivity index (χ4n) is 10.5. The van der Waals surface area contributed by atoms with Gasteiger partial charge in [0.05, 0.1) is 0 Å². The topological polar surface area (TPSA) is 689 Å². The summed E-state index contributed by atoms with van der Waals surface area (Å²) in [4.78, 5) is 104. The molecule has 8 aromatic carbocycles. The molecule has 8 heterocycles. The summed E-state index contributed by atoms with van der Waals surface area (Å²) in [5.41, 5.74) is 56.5. The van der Waals surface area contributed by atoms with Gasteiger partial charge >= 0.3 is 0 Å². The lowest BCUT2D eigenvalue weighted by Gasteiger charge is -2.17. The molecule has 16 rings (SSSR count). The molecule has 0 spiro atoms. The highest BCUT2D eigenvalue weighted by atomic mass is 35.5. The van der Waals surface area contributed by atoms with Gasteiger partial charge in [0.15, 0.2) is 0 Å². The van der Waals surface area contributed by atoms with E-state index in [0.29, 0.717) is 130 Å². The Balaban J connectivity index is 0.000000181. The van der Waals surface area contributed by atoms with Gasteiger partial charge in [-0.2, -0.15) is 120 Å². The lowest BCUT2D eigenvalue weighted by atomic mass is 10.2. The van der Waals surface area contributed by atoms with E-state index in [4.69, 9.17) is 144 Å². The molecule has 0 aliphatic heterocycles. The number of nitrogens with one attached hydrogen (secondary N) is 11. The second-order valence-corrected chi connectivity index (χ2v) is 32.7. The van der Waals surface area contributed by atoms with Gasteiger partial charge in [-0.05, 0) is 195 Å². The van der Waals surface area contributed by atoms with Crippen LogP contribution in [-0.2, 0) is 6.54 Å². The van der Waals surface area contributed by atoms with Crippen molar-refractivity contribution in [1.29, 1.82) is 0 Å². The van der Waals surface area contributed by atoms with Crippen molar-refractivity contribution >= 4 is 275 Å². The van der Waals surface area contributed by atoms with Crippen molar-refractivity contribution in [2.75, 3.05) is 200 Å². The van der Waals surface area contributed by atoms with Crippen LogP contribution in [0.4, 0.5) is 183 Å². The van der Waals surface area contributed by atoms with E-state index >= 15 is 0 Å². The van der Waals surface area contributed by atoms with Gasteiger partial charge in [-0.1, -0.05) is 111 Å². The van der Waals surface area contributed by atoms with Crippen molar-refractivity contribution in [3.63, 3.8) is 0 Å². The zero-order valence-electron chi connectivity index (χ0n) is 78.0. The molecule has 0 radical (unpaired) electrons. The van der Waals surface area contributed by atoms with Crippen molar-refractivity contribution in [2.45, 2.75) is 26.4 Å². The van der Waals surface area contributed by atoms with Crippen LogP contribution in [0.1, 0.15) is 19.4 Å². The third-order valence-corrected chi connectivity index (χ3v) is 18.9. The van der Waals surface area contributed by atoms with Gasteiger partial charge in [0.1, 0.15) is 0 Å². The maximum Gasteiger partial charge on any atom is 0.236 e. The average Bonchev–Trinajstić information content (AvgIpc) is 0.844. The molecule has 16 aromatic rings. The first-order chi connectivity index (χ1) is 67.7. The first kappa shape index (κ1) is 109. The highest BCUT2D eigenvalue weighted by Gasteiger charge is 2.16. The van der Waals surface area contributed by atoms with Crippen LogP contribution in [0.15, 0.2) is 194 Å². The molecule has 740 valence electrons. The predicted molar refractivity (Wildman–Crippen MR) is 575 cm³/mol. The standard InChI is InChI=1S/C13H17ClN6.C12H15ClN6.2C11H13ClN6.3C10H11ClN6.C9H9ClN6/c1-19(2)12-16-11(17-13(18-12)20(3)4)15-10-7-5-9(14)6-8-10;1-7(2)15-11-17-10(14)18-12(19-11)16-9-5-3-8(13)4-6-9;1-18(2)11-16-9(13)15-10(17-11)14-8-5-3-7(12)4-6-8;1-13-9-16-10(14-2)18-11(17-9)15-8-5-3-7(12)4-6-8;1-17(7-4-2-6(11)3-5-7)10-15-8(12)14-9(13)16-10;1-13-9-15-8(12)16-10(17-9)14-7-4-2-6(11)3-5-7;11-7-3-1-6(2-4-7)5-14-10-16-8(12)15-9(13)17-10;10-5-2-1-3-6(4-5)13-9-15-7(11)14-8(12)16-9/h5-8H,1-4H3,(H,15,16,17,18);3-7H,1-2H3,(H4,14,15,16,17,18,19);3-6H,1-2H3,(H3,13,14,15,16,17);3-6H,1-2H3,(H3,13,14,15,16,17,18);2-5H,1H3,(H4,12,13,14,15,16);2-5H,1H3,(H4,12,13,14,15,16,17);1-4H,5H2,(H5,12,13,14,15,16,17);1-4H,(H5,11,12,13,14,15,16). The molecule has 0 amide bonds. The minimum Gasteiger partial charge on any atom is -0.368 e. The molecule has 29 N–H and O–H groups in total. The second-order valence-electron chi connectivity index (χ2n) is 29.2. The third-order valence-electron chi connectivity index (χ3n) is 16.9. The number of aromatic nitrogens is 24. The Kier molecular flexibility index (Phi) is 41.8. The average molecular weight is 2090 g/mol. The number of benzene rings is 8. The largest absolute Gasteiger partial charge is 0.368 e. The van der Waals surface area contributed by atoms with E-state index in [0.717, 1.165) is 45.4 Å². The molecule has 0 aliphatic rings. The quantitative estimate of drug-likeness (QED) is 0.0253. The van der Waals surface area contributed by atoms with Crippen molar-refractivity contribution in [2.24, 2.45) is 0 Å². The number of nitrogens with two attached hydrogens (primary N) is 9. The van der Waals surface area contributed by atoms with Crippen LogP contribution in [0.5, 0.6) is 0 Å². The lowest BCUT2D eigenvalue weighted by molar-refractivity contribution is 0.870. The Morgan fingerprint density at radius 3 is 0.831 bits per heavy atom. The van der Waals surface area contributed by atoms with E-state index in [-0.39, 0.29) is 65.5 Å². The lowest BCUT2D eigenvalue weighted by Crippen LogP contribution is -2.19. The van der Waals surface area contributed by atoms with Crippen LogP contribution >= 0.6 is 92.8 Å². The molecule has 48 nitrogen and oxygen atoms in total. The van der Waals surface area contributed by atoms with Gasteiger partial charge in [0, 0.05) is 163 Å². The molecule has 0 saturated carbocycles. The molecule has 0 atom stereocenters. The van der Waals surface area contributed by atoms with E-state index in [1.165, 1.54) is 0 Å². The van der Waals surface area contributed by atoms with E-state index in [1.807, 2.05) is 181 Å². The normalized spacial score (nSPS) is 10.2. The zero-order chi connectivity index (χ0) is 103. The zero-order valence-corrected chi connectivity index (χ0v) is 84.0. The van der Waals surface area contributed by atoms with Crippen LogP contribution in [0.3, 0.4) is 0 Å². The minimum absolute atomic E-state index is 0.0667. The molecule has 142 heavy (non-hydrogen) atoms. The predicted octanol–water partition coefficient (Wildman–Crippen LogP) is 15.4. The number of anilines is 31. The second kappa shape index (κ2) is 54.5. The van der Waals surface area contributed by atoms with Crippen LogP contribution in [0, 0.1) is 0 Å². The smallest absolute Gasteiger partial charge is 0.236 e. The Bertz CT molecular complexity index is 6510. The summed E-state index contributed by atoms with van der Waals surface area (Å²) in [5, 5.41) is 38.2. The van der Waals surface area contributed by atoms with Crippen molar-refractivity contribution < 1.29 is 0 Å². The number of rotatable bonds is 25. The molecule has 0 bridgehead atoms. The summed E-state index contributed by atoms with van der Waals surface area (Å²) in [5.74, 6) is 7.66. The Morgan fingerprint density at radius 2 is 0.486 bits per heavy atom. The van der Waals surface area contributed by atoms with Gasteiger partial charge in [-0.25, -0.2) is 0 Å². The van der Waals surface area contributed by atoms with Gasteiger partial charge in [0.25, 0.3) is 0 Å². The van der Waals surface area contributed by atoms with E-state index in [1.54, 1.807) is 117 Å². The SMILES string of the molecule is CC(C)Nc1nc(N)nc(Nc2ccc(Cl)cc2)n1.CN(C)c1nc(N)nc(Nc2ccc(Cl)cc2)n1.CN(C)c1nc(Nc2ccc(Cl)cc2)nc(N(C)C)n1.CN(c1ccc(Cl)cc1)c1nc(N)nc(N)n1.CNc1nc(N)nc(Nc2ccc(Cl)cc2)n1.CNc1nc(NC)nc(Nc2ccc(Cl)cc2)n1.Nc1nc(N)nc(NCc2ccc(Cl)cc2)n1.Nc1nc(N)nc(Nc2cccc(Cl)c2)n1. The fraction of sp³-hybridized carbons (Fsp3) is 0.163. The Labute approximate surface area is 855 Å².